The molecule has 0 spiro atoms. The minimum atomic E-state index is 0.251. The number of aryl methyl sites for hydroxylation is 1. The fraction of sp³-hybridized carbons (Fsp3) is 0.429. The number of hydrogen-bond donors (Lipinski definition) is 0. The van der Waals surface area contributed by atoms with Crippen molar-refractivity contribution < 1.29 is 0 Å². The summed E-state index contributed by atoms with van der Waals surface area (Å²) in [6.45, 7) is 0. The molecule has 0 atom stereocenters. The Kier molecular flexibility index (Phi) is 2.44. The SMILES string of the molecule is Clc1nc(Cl)c2c(n1)CCCS2. The first-order valence-corrected chi connectivity index (χ1v) is 5.36. The standard InChI is InChI=1S/C7H6Cl2N2S/c8-6-5-4(2-1-3-12-5)10-7(9)11-6/h1-3H2. The summed E-state index contributed by atoms with van der Waals surface area (Å²) in [6, 6.07) is 0. The molecule has 64 valence electrons. The molecule has 12 heavy (non-hydrogen) atoms. The lowest BCUT2D eigenvalue weighted by Gasteiger charge is -2.14. The van der Waals surface area contributed by atoms with Crippen molar-refractivity contribution in [2.24, 2.45) is 0 Å². The van der Waals surface area contributed by atoms with Gasteiger partial charge in [-0.25, -0.2) is 9.97 Å². The molecule has 0 bridgehead atoms. The molecule has 1 aliphatic heterocycles. The molecule has 0 amide bonds. The number of thioether (sulfide) groups is 1. The minimum absolute atomic E-state index is 0.251. The van der Waals surface area contributed by atoms with Crippen molar-refractivity contribution in [3.63, 3.8) is 0 Å². The maximum absolute atomic E-state index is 5.89. The molecule has 0 N–H and O–H groups in total. The molecule has 2 heterocycles. The van der Waals surface area contributed by atoms with Crippen LogP contribution < -0.4 is 0 Å². The van der Waals surface area contributed by atoms with Gasteiger partial charge in [-0.3, -0.25) is 0 Å². The van der Waals surface area contributed by atoms with E-state index in [0.717, 1.165) is 29.2 Å². The summed E-state index contributed by atoms with van der Waals surface area (Å²) in [6.07, 6.45) is 2.10. The lowest BCUT2D eigenvalue weighted by molar-refractivity contribution is 0.828. The smallest absolute Gasteiger partial charge is 0.222 e. The summed E-state index contributed by atoms with van der Waals surface area (Å²) in [5.74, 6) is 1.09. The van der Waals surface area contributed by atoms with Gasteiger partial charge in [-0.15, -0.1) is 11.8 Å². The highest BCUT2D eigenvalue weighted by atomic mass is 35.5. The lowest BCUT2D eigenvalue weighted by Crippen LogP contribution is -2.03. The molecule has 0 aromatic carbocycles. The third kappa shape index (κ3) is 1.53. The number of aromatic nitrogens is 2. The molecule has 2 nitrogen and oxygen atoms in total. The fourth-order valence-electron chi connectivity index (χ4n) is 1.16. The van der Waals surface area contributed by atoms with Gasteiger partial charge in [-0.05, 0) is 30.2 Å². The van der Waals surface area contributed by atoms with Crippen LogP contribution in [0.25, 0.3) is 0 Å². The van der Waals surface area contributed by atoms with Crippen LogP contribution in [0.3, 0.4) is 0 Å². The van der Waals surface area contributed by atoms with Crippen molar-refractivity contribution in [2.75, 3.05) is 5.75 Å². The monoisotopic (exact) mass is 220 g/mol. The topological polar surface area (TPSA) is 25.8 Å². The van der Waals surface area contributed by atoms with E-state index in [1.807, 2.05) is 0 Å². The highest BCUT2D eigenvalue weighted by Crippen LogP contribution is 2.34. The van der Waals surface area contributed by atoms with Crippen molar-refractivity contribution in [1.82, 2.24) is 9.97 Å². The quantitative estimate of drug-likeness (QED) is 0.497. The molecule has 2 rings (SSSR count). The first-order valence-electron chi connectivity index (χ1n) is 3.62. The Balaban J connectivity index is 2.53. The largest absolute Gasteiger partial charge is 0.224 e. The van der Waals surface area contributed by atoms with Crippen LogP contribution in [0.15, 0.2) is 4.90 Å². The van der Waals surface area contributed by atoms with Crippen LogP contribution in [0.2, 0.25) is 10.4 Å². The van der Waals surface area contributed by atoms with E-state index in [1.54, 1.807) is 11.8 Å². The zero-order valence-corrected chi connectivity index (χ0v) is 8.51. The summed E-state index contributed by atoms with van der Waals surface area (Å²) in [7, 11) is 0. The van der Waals surface area contributed by atoms with Gasteiger partial charge in [-0.2, -0.15) is 0 Å². The Morgan fingerprint density at radius 1 is 1.25 bits per heavy atom. The van der Waals surface area contributed by atoms with E-state index in [4.69, 9.17) is 23.2 Å². The number of rotatable bonds is 0. The van der Waals surface area contributed by atoms with Crippen LogP contribution in [0.4, 0.5) is 0 Å². The molecular weight excluding hydrogens is 215 g/mol. The van der Waals surface area contributed by atoms with Crippen molar-refractivity contribution in [2.45, 2.75) is 17.7 Å². The second-order valence-electron chi connectivity index (χ2n) is 2.51. The highest BCUT2D eigenvalue weighted by Gasteiger charge is 2.16. The molecule has 0 aliphatic carbocycles. The summed E-state index contributed by atoms with van der Waals surface area (Å²) >= 11 is 13.3. The molecule has 0 unspecified atom stereocenters. The predicted octanol–water partition coefficient (Wildman–Crippen LogP) is 2.82. The van der Waals surface area contributed by atoms with Crippen LogP contribution >= 0.6 is 35.0 Å². The number of fused-ring (bicyclic) bond motifs is 1. The third-order valence-corrected chi connectivity index (χ3v) is 3.44. The van der Waals surface area contributed by atoms with E-state index in [0.29, 0.717) is 5.15 Å². The van der Waals surface area contributed by atoms with Gasteiger partial charge in [-0.1, -0.05) is 11.6 Å². The van der Waals surface area contributed by atoms with Gasteiger partial charge >= 0.3 is 0 Å². The van der Waals surface area contributed by atoms with E-state index < -0.39 is 0 Å². The molecule has 0 saturated carbocycles. The summed E-state index contributed by atoms with van der Waals surface area (Å²) in [5.41, 5.74) is 0.997. The number of nitrogens with zero attached hydrogens (tertiary/aromatic N) is 2. The van der Waals surface area contributed by atoms with Crippen LogP contribution in [-0.2, 0) is 6.42 Å². The summed E-state index contributed by atoms with van der Waals surface area (Å²) in [5, 5.41) is 0.746. The second-order valence-corrected chi connectivity index (χ2v) is 4.31. The third-order valence-electron chi connectivity index (χ3n) is 1.67. The van der Waals surface area contributed by atoms with Crippen molar-refractivity contribution in [3.8, 4) is 0 Å². The zero-order valence-electron chi connectivity index (χ0n) is 6.18. The van der Waals surface area contributed by atoms with Crippen LogP contribution in [-0.4, -0.2) is 15.7 Å². The molecule has 0 saturated heterocycles. The van der Waals surface area contributed by atoms with E-state index in [2.05, 4.69) is 9.97 Å². The Morgan fingerprint density at radius 2 is 2.08 bits per heavy atom. The van der Waals surface area contributed by atoms with Gasteiger partial charge in [0.05, 0.1) is 10.6 Å². The van der Waals surface area contributed by atoms with E-state index in [9.17, 15) is 0 Å². The Bertz CT molecular complexity index is 317. The first kappa shape index (κ1) is 8.60. The van der Waals surface area contributed by atoms with Gasteiger partial charge in [0.15, 0.2) is 0 Å². The van der Waals surface area contributed by atoms with Gasteiger partial charge in [0.2, 0.25) is 5.28 Å². The van der Waals surface area contributed by atoms with Gasteiger partial charge in [0.1, 0.15) is 5.15 Å². The average molecular weight is 221 g/mol. The van der Waals surface area contributed by atoms with Crippen LogP contribution in [0, 0.1) is 0 Å². The van der Waals surface area contributed by atoms with E-state index >= 15 is 0 Å². The second kappa shape index (κ2) is 3.40. The van der Waals surface area contributed by atoms with Gasteiger partial charge in [0, 0.05) is 0 Å². The highest BCUT2D eigenvalue weighted by molar-refractivity contribution is 7.99. The number of halogens is 2. The van der Waals surface area contributed by atoms with E-state index in [1.165, 1.54) is 0 Å². The number of hydrogen-bond acceptors (Lipinski definition) is 3. The Labute approximate surface area is 84.7 Å². The maximum Gasteiger partial charge on any atom is 0.224 e. The molecule has 1 aromatic rings. The maximum atomic E-state index is 5.89. The van der Waals surface area contributed by atoms with Crippen molar-refractivity contribution in [1.29, 1.82) is 0 Å². The zero-order chi connectivity index (χ0) is 8.55. The molecule has 1 aliphatic rings. The first-order chi connectivity index (χ1) is 5.77. The fourth-order valence-corrected chi connectivity index (χ4v) is 2.72. The summed E-state index contributed by atoms with van der Waals surface area (Å²) in [4.78, 5) is 9.02. The minimum Gasteiger partial charge on any atom is -0.222 e. The van der Waals surface area contributed by atoms with Gasteiger partial charge < -0.3 is 0 Å². The Hall–Kier alpha value is 0.01000. The Morgan fingerprint density at radius 3 is 2.92 bits per heavy atom. The molecule has 5 heteroatoms. The molecule has 0 fully saturated rings. The van der Waals surface area contributed by atoms with Crippen LogP contribution in [0.1, 0.15) is 12.1 Å². The van der Waals surface area contributed by atoms with Crippen molar-refractivity contribution in [3.05, 3.63) is 16.1 Å². The average Bonchev–Trinajstić information content (AvgIpc) is 2.04. The summed E-state index contributed by atoms with van der Waals surface area (Å²) < 4.78 is 0. The van der Waals surface area contributed by atoms with Crippen LogP contribution in [0.5, 0.6) is 0 Å². The van der Waals surface area contributed by atoms with Crippen molar-refractivity contribution >= 4 is 35.0 Å². The molecule has 1 aromatic heterocycles. The van der Waals surface area contributed by atoms with E-state index in [-0.39, 0.29) is 5.28 Å². The molecule has 0 radical (unpaired) electrons. The predicted molar refractivity (Wildman–Crippen MR) is 51.1 cm³/mol. The lowest BCUT2D eigenvalue weighted by atomic mass is 10.2. The normalized spacial score (nSPS) is 15.8. The van der Waals surface area contributed by atoms with Gasteiger partial charge in [0.25, 0.3) is 0 Å². The molecular formula is C7H6Cl2N2S.